The smallest absolute Gasteiger partial charge is 0.180 e. The first-order valence-corrected chi connectivity index (χ1v) is 8.81. The van der Waals surface area contributed by atoms with Gasteiger partial charge in [0.25, 0.3) is 0 Å². The van der Waals surface area contributed by atoms with E-state index in [-0.39, 0.29) is 0 Å². The molecule has 0 saturated carbocycles. The minimum absolute atomic E-state index is 0.547. The molecular formula is C18H14Cl2N6O. The lowest BCUT2D eigenvalue weighted by molar-refractivity contribution is -0.0583. The minimum Gasteiger partial charge on any atom is -0.323 e. The summed E-state index contributed by atoms with van der Waals surface area (Å²) in [5.41, 5.74) is 1.73. The van der Waals surface area contributed by atoms with Crippen molar-refractivity contribution in [3.05, 3.63) is 95.0 Å². The molecule has 4 aromatic rings. The van der Waals surface area contributed by atoms with Gasteiger partial charge in [0.1, 0.15) is 25.3 Å². The van der Waals surface area contributed by atoms with Gasteiger partial charge in [0.2, 0.25) is 0 Å². The normalized spacial score (nSPS) is 13.4. The van der Waals surface area contributed by atoms with E-state index in [2.05, 4.69) is 20.2 Å². The summed E-state index contributed by atoms with van der Waals surface area (Å²) in [5, 5.41) is 9.76. The Labute approximate surface area is 165 Å². The van der Waals surface area contributed by atoms with Crippen molar-refractivity contribution in [2.45, 2.75) is 12.5 Å². The van der Waals surface area contributed by atoms with Crippen LogP contribution in [0, 0.1) is 0 Å². The number of aromatic nitrogens is 6. The van der Waals surface area contributed by atoms with E-state index < -0.39 is 12.5 Å². The van der Waals surface area contributed by atoms with Crippen LogP contribution < -0.4 is 0 Å². The van der Waals surface area contributed by atoms with Crippen LogP contribution in [0.1, 0.15) is 23.6 Å². The lowest BCUT2D eigenvalue weighted by Crippen LogP contribution is -2.23. The zero-order chi connectivity index (χ0) is 18.6. The topological polar surface area (TPSA) is 70.7 Å². The summed E-state index contributed by atoms with van der Waals surface area (Å²) in [6.45, 7) is 0. The molecule has 2 aromatic heterocycles. The van der Waals surface area contributed by atoms with Gasteiger partial charge in [-0.25, -0.2) is 19.3 Å². The van der Waals surface area contributed by atoms with Gasteiger partial charge in [-0.3, -0.25) is 0 Å². The van der Waals surface area contributed by atoms with Crippen molar-refractivity contribution in [2.24, 2.45) is 0 Å². The molecule has 0 aliphatic heterocycles. The number of ether oxygens (including phenoxy) is 1. The Kier molecular flexibility index (Phi) is 5.15. The number of hydrogen-bond acceptors (Lipinski definition) is 5. The molecule has 9 heteroatoms. The average Bonchev–Trinajstić information content (AvgIpc) is 3.39. The third kappa shape index (κ3) is 4.00. The van der Waals surface area contributed by atoms with Crippen molar-refractivity contribution in [3.8, 4) is 0 Å². The number of rotatable bonds is 6. The minimum atomic E-state index is -0.547. The fourth-order valence-corrected chi connectivity index (χ4v) is 2.89. The van der Waals surface area contributed by atoms with Crippen LogP contribution in [0.15, 0.2) is 73.8 Å². The summed E-state index contributed by atoms with van der Waals surface area (Å²) in [7, 11) is 0. The number of halogens is 2. The molecule has 0 aliphatic rings. The summed E-state index contributed by atoms with van der Waals surface area (Å²) in [6, 6.07) is 14.7. The summed E-state index contributed by atoms with van der Waals surface area (Å²) in [5.74, 6) is 0. The quantitative estimate of drug-likeness (QED) is 0.489. The first-order chi connectivity index (χ1) is 13.2. The molecule has 2 aromatic carbocycles. The van der Waals surface area contributed by atoms with Crippen LogP contribution in [0.25, 0.3) is 0 Å². The average molecular weight is 401 g/mol. The van der Waals surface area contributed by atoms with Crippen LogP contribution in [-0.2, 0) is 4.74 Å². The van der Waals surface area contributed by atoms with E-state index in [0.717, 1.165) is 11.1 Å². The van der Waals surface area contributed by atoms with Crippen molar-refractivity contribution in [2.75, 3.05) is 0 Å². The van der Waals surface area contributed by atoms with E-state index in [4.69, 9.17) is 27.9 Å². The Hall–Kier alpha value is -2.74. The highest BCUT2D eigenvalue weighted by Crippen LogP contribution is 2.29. The zero-order valence-electron chi connectivity index (χ0n) is 13.9. The molecule has 136 valence electrons. The van der Waals surface area contributed by atoms with Crippen LogP contribution in [-0.4, -0.2) is 29.5 Å². The van der Waals surface area contributed by atoms with E-state index in [1.165, 1.54) is 12.7 Å². The highest BCUT2D eigenvalue weighted by Gasteiger charge is 2.24. The van der Waals surface area contributed by atoms with Crippen molar-refractivity contribution >= 4 is 23.2 Å². The van der Waals surface area contributed by atoms with Gasteiger partial charge in [0, 0.05) is 21.2 Å². The Bertz CT molecular complexity index is 890. The van der Waals surface area contributed by atoms with Crippen LogP contribution >= 0.6 is 23.2 Å². The van der Waals surface area contributed by atoms with Gasteiger partial charge >= 0.3 is 0 Å². The molecule has 0 saturated heterocycles. The molecule has 0 spiro atoms. The van der Waals surface area contributed by atoms with Gasteiger partial charge in [-0.05, 0) is 24.3 Å². The van der Waals surface area contributed by atoms with E-state index in [9.17, 15) is 0 Å². The molecule has 7 nitrogen and oxygen atoms in total. The molecular weight excluding hydrogens is 387 g/mol. The molecule has 0 fully saturated rings. The van der Waals surface area contributed by atoms with Crippen LogP contribution in [0.2, 0.25) is 10.0 Å². The maximum absolute atomic E-state index is 6.43. The maximum atomic E-state index is 6.43. The van der Waals surface area contributed by atoms with Gasteiger partial charge in [-0.2, -0.15) is 10.2 Å². The van der Waals surface area contributed by atoms with Crippen molar-refractivity contribution in [1.29, 1.82) is 0 Å². The predicted octanol–water partition coefficient (Wildman–Crippen LogP) is 3.99. The molecule has 0 radical (unpaired) electrons. The standard InChI is InChI=1S/C18H14Cl2N6O/c19-15-5-1-13(2-6-15)17(25-11-21-9-23-25)27-18(26-12-22-10-24-26)14-3-7-16(20)8-4-14/h1-12,17-18H. The Morgan fingerprint density at radius 3 is 1.41 bits per heavy atom. The van der Waals surface area contributed by atoms with Crippen LogP contribution in [0.5, 0.6) is 0 Å². The highest BCUT2D eigenvalue weighted by atomic mass is 35.5. The molecule has 0 bridgehead atoms. The molecule has 4 rings (SSSR count). The monoisotopic (exact) mass is 400 g/mol. The number of nitrogens with zero attached hydrogens (tertiary/aromatic N) is 6. The van der Waals surface area contributed by atoms with E-state index in [1.807, 2.05) is 24.3 Å². The number of benzene rings is 2. The van der Waals surface area contributed by atoms with Crippen molar-refractivity contribution < 1.29 is 4.74 Å². The summed E-state index contributed by atoms with van der Waals surface area (Å²) in [4.78, 5) is 8.07. The first kappa shape index (κ1) is 17.7. The second kappa shape index (κ2) is 7.87. The lowest BCUT2D eigenvalue weighted by Gasteiger charge is -2.25. The Morgan fingerprint density at radius 2 is 1.07 bits per heavy atom. The predicted molar refractivity (Wildman–Crippen MR) is 100 cm³/mol. The third-order valence-electron chi connectivity index (χ3n) is 3.92. The second-order valence-corrected chi connectivity index (χ2v) is 6.57. The van der Waals surface area contributed by atoms with Gasteiger partial charge < -0.3 is 4.74 Å². The lowest BCUT2D eigenvalue weighted by atomic mass is 10.1. The maximum Gasteiger partial charge on any atom is 0.180 e. The van der Waals surface area contributed by atoms with Gasteiger partial charge in [0.15, 0.2) is 12.5 Å². The first-order valence-electron chi connectivity index (χ1n) is 8.05. The molecule has 2 unspecified atom stereocenters. The number of hydrogen-bond donors (Lipinski definition) is 0. The molecule has 0 aliphatic carbocycles. The summed E-state index contributed by atoms with van der Waals surface area (Å²) >= 11 is 12.1. The van der Waals surface area contributed by atoms with E-state index in [0.29, 0.717) is 10.0 Å². The Balaban J connectivity index is 1.74. The van der Waals surface area contributed by atoms with Gasteiger partial charge in [-0.1, -0.05) is 47.5 Å². The zero-order valence-corrected chi connectivity index (χ0v) is 15.4. The van der Waals surface area contributed by atoms with Crippen LogP contribution in [0.4, 0.5) is 0 Å². The highest BCUT2D eigenvalue weighted by molar-refractivity contribution is 6.30. The molecule has 27 heavy (non-hydrogen) atoms. The van der Waals surface area contributed by atoms with Crippen LogP contribution in [0.3, 0.4) is 0 Å². The summed E-state index contributed by atoms with van der Waals surface area (Å²) < 4.78 is 9.68. The van der Waals surface area contributed by atoms with Gasteiger partial charge in [-0.15, -0.1) is 0 Å². The molecule has 2 heterocycles. The molecule has 0 amide bonds. The molecule has 0 N–H and O–H groups in total. The Morgan fingerprint density at radius 1 is 0.667 bits per heavy atom. The third-order valence-corrected chi connectivity index (χ3v) is 4.43. The SMILES string of the molecule is Clc1ccc(C(OC(c2ccc(Cl)cc2)n2cncn2)n2cncn2)cc1. The fourth-order valence-electron chi connectivity index (χ4n) is 2.64. The fraction of sp³-hybridized carbons (Fsp3) is 0.111. The second-order valence-electron chi connectivity index (χ2n) is 5.69. The van der Waals surface area contributed by atoms with Crippen molar-refractivity contribution in [3.63, 3.8) is 0 Å². The van der Waals surface area contributed by atoms with E-state index >= 15 is 0 Å². The largest absolute Gasteiger partial charge is 0.323 e. The van der Waals surface area contributed by atoms with Crippen molar-refractivity contribution in [1.82, 2.24) is 29.5 Å². The summed E-state index contributed by atoms with van der Waals surface area (Å²) in [6.07, 6.45) is 5.02. The van der Waals surface area contributed by atoms with E-state index in [1.54, 1.807) is 46.3 Å². The molecule has 2 atom stereocenters. The van der Waals surface area contributed by atoms with Gasteiger partial charge in [0.05, 0.1) is 0 Å².